The zero-order valence-electron chi connectivity index (χ0n) is 15.6. The van der Waals surface area contributed by atoms with Crippen molar-refractivity contribution in [3.05, 3.63) is 65.5 Å². The summed E-state index contributed by atoms with van der Waals surface area (Å²) in [6.45, 7) is 1.92. The highest BCUT2D eigenvalue weighted by Gasteiger charge is 2.17. The summed E-state index contributed by atoms with van der Waals surface area (Å²) >= 11 is 0. The number of carbonyl (C=O) groups excluding carboxylic acids is 1. The van der Waals surface area contributed by atoms with Gasteiger partial charge < -0.3 is 15.5 Å². The normalized spacial score (nSPS) is 11.1. The first kappa shape index (κ1) is 17.7. The number of amides is 1. The van der Waals surface area contributed by atoms with Crippen LogP contribution in [0.1, 0.15) is 23.0 Å². The first-order valence-corrected chi connectivity index (χ1v) is 8.85. The fourth-order valence-corrected chi connectivity index (χ4v) is 3.21. The standard InChI is InChI=1S/C20H20N6O2/c1-12-22-14-8-7-13(9-15(14)23-12)10-20-24-19(11-18(21)27)25-26(20)16-5-3-4-6-17(16)28-2/h3-9H,10-11H2,1-2H3,(H2,21,27)(H,22,23). The van der Waals surface area contributed by atoms with Gasteiger partial charge in [0.25, 0.3) is 0 Å². The number of nitrogens with one attached hydrogen (secondary N) is 1. The van der Waals surface area contributed by atoms with Crippen LogP contribution < -0.4 is 10.5 Å². The monoisotopic (exact) mass is 376 g/mol. The molecule has 0 fully saturated rings. The Morgan fingerprint density at radius 3 is 2.82 bits per heavy atom. The average molecular weight is 376 g/mol. The number of H-pyrrole nitrogens is 1. The van der Waals surface area contributed by atoms with E-state index in [4.69, 9.17) is 10.5 Å². The highest BCUT2D eigenvalue weighted by atomic mass is 16.5. The van der Waals surface area contributed by atoms with Crippen LogP contribution in [0.4, 0.5) is 0 Å². The molecule has 4 rings (SSSR count). The van der Waals surface area contributed by atoms with Crippen molar-refractivity contribution in [3.8, 4) is 11.4 Å². The van der Waals surface area contributed by atoms with E-state index in [9.17, 15) is 4.79 Å². The number of aromatic nitrogens is 5. The summed E-state index contributed by atoms with van der Waals surface area (Å²) in [7, 11) is 1.61. The lowest BCUT2D eigenvalue weighted by atomic mass is 10.1. The maximum Gasteiger partial charge on any atom is 0.225 e. The molecule has 0 aliphatic carbocycles. The van der Waals surface area contributed by atoms with Gasteiger partial charge in [-0.2, -0.15) is 5.10 Å². The molecule has 0 unspecified atom stereocenters. The summed E-state index contributed by atoms with van der Waals surface area (Å²) in [6.07, 6.45) is 0.506. The molecule has 0 saturated heterocycles. The Labute approximate surface area is 161 Å². The van der Waals surface area contributed by atoms with Crippen molar-refractivity contribution >= 4 is 16.9 Å². The number of para-hydroxylation sites is 2. The Bertz CT molecular complexity index is 1160. The molecule has 3 N–H and O–H groups in total. The van der Waals surface area contributed by atoms with E-state index >= 15 is 0 Å². The lowest BCUT2D eigenvalue weighted by molar-refractivity contribution is -0.117. The average Bonchev–Trinajstić information content (AvgIpc) is 3.22. The summed E-state index contributed by atoms with van der Waals surface area (Å²) in [5.74, 6) is 2.13. The number of nitrogens with zero attached hydrogens (tertiary/aromatic N) is 4. The Balaban J connectivity index is 1.77. The summed E-state index contributed by atoms with van der Waals surface area (Å²) in [6, 6.07) is 13.6. The van der Waals surface area contributed by atoms with Crippen LogP contribution >= 0.6 is 0 Å². The Morgan fingerprint density at radius 1 is 1.21 bits per heavy atom. The largest absolute Gasteiger partial charge is 0.494 e. The molecule has 4 aromatic rings. The second-order valence-corrected chi connectivity index (χ2v) is 6.52. The van der Waals surface area contributed by atoms with Crippen LogP contribution in [0, 0.1) is 6.92 Å². The van der Waals surface area contributed by atoms with E-state index in [1.54, 1.807) is 11.8 Å². The number of primary amides is 1. The number of fused-ring (bicyclic) bond motifs is 1. The number of ether oxygens (including phenoxy) is 1. The van der Waals surface area contributed by atoms with Gasteiger partial charge >= 0.3 is 0 Å². The van der Waals surface area contributed by atoms with Gasteiger partial charge in [0.05, 0.1) is 24.6 Å². The number of aryl methyl sites for hydroxylation is 1. The highest BCUT2D eigenvalue weighted by molar-refractivity contribution is 5.76. The van der Waals surface area contributed by atoms with Crippen molar-refractivity contribution in [1.29, 1.82) is 0 Å². The number of aromatic amines is 1. The fourth-order valence-electron chi connectivity index (χ4n) is 3.21. The SMILES string of the molecule is COc1ccccc1-n1nc(CC(N)=O)nc1Cc1ccc2nc(C)[nH]c2c1. The molecule has 0 atom stereocenters. The lowest BCUT2D eigenvalue weighted by Crippen LogP contribution is -2.14. The van der Waals surface area contributed by atoms with Crippen molar-refractivity contribution in [2.45, 2.75) is 19.8 Å². The topological polar surface area (TPSA) is 112 Å². The molecule has 28 heavy (non-hydrogen) atoms. The van der Waals surface area contributed by atoms with Crippen LogP contribution in [0.15, 0.2) is 42.5 Å². The van der Waals surface area contributed by atoms with Crippen molar-refractivity contribution in [3.63, 3.8) is 0 Å². The molecule has 1 amide bonds. The van der Waals surface area contributed by atoms with Crippen molar-refractivity contribution in [2.24, 2.45) is 5.73 Å². The Kier molecular flexibility index (Phi) is 4.52. The van der Waals surface area contributed by atoms with Crippen LogP contribution in [0.25, 0.3) is 16.7 Å². The lowest BCUT2D eigenvalue weighted by Gasteiger charge is -2.10. The number of methoxy groups -OCH3 is 1. The Morgan fingerprint density at radius 2 is 2.04 bits per heavy atom. The molecule has 0 radical (unpaired) electrons. The third kappa shape index (κ3) is 3.44. The maximum absolute atomic E-state index is 11.4. The maximum atomic E-state index is 11.4. The van der Waals surface area contributed by atoms with Gasteiger partial charge in [0.1, 0.15) is 23.1 Å². The molecule has 0 saturated carbocycles. The molecule has 0 aliphatic rings. The first-order chi connectivity index (χ1) is 13.5. The number of carbonyl (C=O) groups is 1. The summed E-state index contributed by atoms with van der Waals surface area (Å²) < 4.78 is 7.17. The van der Waals surface area contributed by atoms with E-state index < -0.39 is 5.91 Å². The van der Waals surface area contributed by atoms with E-state index in [0.29, 0.717) is 23.8 Å². The molecule has 0 aliphatic heterocycles. The molecular weight excluding hydrogens is 356 g/mol. The number of benzene rings is 2. The van der Waals surface area contributed by atoms with E-state index in [-0.39, 0.29) is 6.42 Å². The number of hydrogen-bond acceptors (Lipinski definition) is 5. The molecule has 8 heteroatoms. The zero-order valence-corrected chi connectivity index (χ0v) is 15.6. The van der Waals surface area contributed by atoms with Crippen LogP contribution in [-0.4, -0.2) is 37.7 Å². The summed E-state index contributed by atoms with van der Waals surface area (Å²) in [5.41, 5.74) is 9.02. The molecule has 2 heterocycles. The van der Waals surface area contributed by atoms with Crippen LogP contribution in [0.2, 0.25) is 0 Å². The van der Waals surface area contributed by atoms with Gasteiger partial charge in [-0.1, -0.05) is 18.2 Å². The summed E-state index contributed by atoms with van der Waals surface area (Å²) in [5, 5.41) is 4.50. The number of hydrogen-bond donors (Lipinski definition) is 2. The molecule has 2 aromatic heterocycles. The fraction of sp³-hybridized carbons (Fsp3) is 0.200. The molecule has 142 valence electrons. The number of rotatable bonds is 6. The van der Waals surface area contributed by atoms with Gasteiger partial charge in [0, 0.05) is 6.42 Å². The second-order valence-electron chi connectivity index (χ2n) is 6.52. The van der Waals surface area contributed by atoms with Gasteiger partial charge in [-0.25, -0.2) is 14.6 Å². The van der Waals surface area contributed by atoms with Crippen LogP contribution in [-0.2, 0) is 17.6 Å². The molecule has 0 bridgehead atoms. The van der Waals surface area contributed by atoms with Crippen LogP contribution in [0.5, 0.6) is 5.75 Å². The molecule has 8 nitrogen and oxygen atoms in total. The van der Waals surface area contributed by atoms with Crippen molar-refractivity contribution in [1.82, 2.24) is 24.7 Å². The van der Waals surface area contributed by atoms with E-state index in [1.165, 1.54) is 0 Å². The van der Waals surface area contributed by atoms with Gasteiger partial charge in [0.2, 0.25) is 5.91 Å². The van der Waals surface area contributed by atoms with E-state index in [1.807, 2.05) is 49.4 Å². The van der Waals surface area contributed by atoms with Crippen LogP contribution in [0.3, 0.4) is 0 Å². The Hall–Kier alpha value is -3.68. The van der Waals surface area contributed by atoms with Gasteiger partial charge in [-0.05, 0) is 36.8 Å². The minimum absolute atomic E-state index is 0.0199. The predicted octanol–water partition coefficient (Wildman–Crippen LogP) is 2.08. The number of nitrogens with two attached hydrogens (primary N) is 1. The summed E-state index contributed by atoms with van der Waals surface area (Å²) in [4.78, 5) is 23.6. The third-order valence-corrected chi connectivity index (χ3v) is 4.39. The van der Waals surface area contributed by atoms with Gasteiger partial charge in [-0.3, -0.25) is 4.79 Å². The predicted molar refractivity (Wildman–Crippen MR) is 104 cm³/mol. The highest BCUT2D eigenvalue weighted by Crippen LogP contribution is 2.24. The first-order valence-electron chi connectivity index (χ1n) is 8.85. The quantitative estimate of drug-likeness (QED) is 0.535. The third-order valence-electron chi connectivity index (χ3n) is 4.39. The minimum Gasteiger partial charge on any atom is -0.494 e. The second kappa shape index (κ2) is 7.15. The van der Waals surface area contributed by atoms with Gasteiger partial charge in [0.15, 0.2) is 5.82 Å². The smallest absolute Gasteiger partial charge is 0.225 e. The van der Waals surface area contributed by atoms with Gasteiger partial charge in [-0.15, -0.1) is 0 Å². The van der Waals surface area contributed by atoms with E-state index in [2.05, 4.69) is 20.1 Å². The van der Waals surface area contributed by atoms with E-state index in [0.717, 1.165) is 28.1 Å². The number of imidazole rings is 1. The molecular formula is C20H20N6O2. The molecule has 0 spiro atoms. The minimum atomic E-state index is -0.474. The zero-order chi connectivity index (χ0) is 19.7. The molecule has 2 aromatic carbocycles. The van der Waals surface area contributed by atoms with Crippen molar-refractivity contribution < 1.29 is 9.53 Å². The van der Waals surface area contributed by atoms with Crippen molar-refractivity contribution in [2.75, 3.05) is 7.11 Å².